The monoisotopic (exact) mass is 433 g/mol. The van der Waals surface area contributed by atoms with E-state index in [1.54, 1.807) is 32.0 Å². The van der Waals surface area contributed by atoms with Gasteiger partial charge < -0.3 is 10.6 Å². The minimum absolute atomic E-state index is 0.226. The van der Waals surface area contributed by atoms with Crippen molar-refractivity contribution in [3.05, 3.63) is 69.7 Å². The van der Waals surface area contributed by atoms with Crippen LogP contribution in [0.1, 0.15) is 36.9 Å². The average Bonchev–Trinajstić information content (AvgIpc) is 3.10. The predicted molar refractivity (Wildman–Crippen MR) is 110 cm³/mol. The summed E-state index contributed by atoms with van der Waals surface area (Å²) in [4.78, 5) is 29.1. The average molecular weight is 433 g/mol. The van der Waals surface area contributed by atoms with E-state index in [2.05, 4.69) is 15.6 Å². The van der Waals surface area contributed by atoms with E-state index in [-0.39, 0.29) is 11.8 Å². The Morgan fingerprint density at radius 2 is 1.67 bits per heavy atom. The number of alkyl halides is 3. The minimum atomic E-state index is -4.41. The van der Waals surface area contributed by atoms with Crippen molar-refractivity contribution >= 4 is 28.8 Å². The molecule has 5 nitrogen and oxygen atoms in total. The maximum absolute atomic E-state index is 12.7. The second-order valence-electron chi connectivity index (χ2n) is 6.57. The lowest BCUT2D eigenvalue weighted by molar-refractivity contribution is -0.137. The first-order chi connectivity index (χ1) is 14.1. The zero-order valence-corrected chi connectivity index (χ0v) is 17.2. The molecule has 0 saturated carbocycles. The van der Waals surface area contributed by atoms with Crippen molar-refractivity contribution in [3.63, 3.8) is 0 Å². The predicted octanol–water partition coefficient (Wildman–Crippen LogP) is 5.06. The summed E-state index contributed by atoms with van der Waals surface area (Å²) >= 11 is 1.10. The first-order valence-electron chi connectivity index (χ1n) is 8.89. The Labute approximate surface area is 175 Å². The fraction of sp³-hybridized carbons (Fsp3) is 0.190. The number of carbonyl (C=O) groups excluding carboxylic acids is 2. The summed E-state index contributed by atoms with van der Waals surface area (Å²) < 4.78 is 38.2. The topological polar surface area (TPSA) is 71.1 Å². The van der Waals surface area contributed by atoms with Gasteiger partial charge in [-0.3, -0.25) is 9.59 Å². The second kappa shape index (κ2) is 8.27. The van der Waals surface area contributed by atoms with Crippen LogP contribution >= 0.6 is 11.3 Å². The quantitative estimate of drug-likeness (QED) is 0.604. The zero-order chi connectivity index (χ0) is 22.1. The van der Waals surface area contributed by atoms with E-state index < -0.39 is 11.7 Å². The van der Waals surface area contributed by atoms with Crippen molar-refractivity contribution in [3.8, 4) is 10.6 Å². The van der Waals surface area contributed by atoms with E-state index in [0.29, 0.717) is 32.4 Å². The Morgan fingerprint density at radius 3 is 2.23 bits per heavy atom. The van der Waals surface area contributed by atoms with Crippen molar-refractivity contribution in [1.29, 1.82) is 0 Å². The Kier molecular flexibility index (Phi) is 5.93. The second-order valence-corrected chi connectivity index (χ2v) is 7.57. The van der Waals surface area contributed by atoms with Gasteiger partial charge in [-0.1, -0.05) is 12.1 Å². The molecule has 2 aromatic carbocycles. The van der Waals surface area contributed by atoms with Gasteiger partial charge in [-0.05, 0) is 49.7 Å². The number of nitrogens with one attached hydrogen (secondary N) is 2. The molecule has 9 heteroatoms. The number of amides is 2. The highest BCUT2D eigenvalue weighted by atomic mass is 32.1. The molecular formula is C21H18F3N3O2S. The molecule has 0 radical (unpaired) electrons. The maximum Gasteiger partial charge on any atom is 0.416 e. The summed E-state index contributed by atoms with van der Waals surface area (Å²) in [5, 5.41) is 5.79. The maximum atomic E-state index is 12.7. The van der Waals surface area contributed by atoms with Crippen LogP contribution in [0.3, 0.4) is 0 Å². The summed E-state index contributed by atoms with van der Waals surface area (Å²) in [6.07, 6.45) is -4.41. The third-order valence-electron chi connectivity index (χ3n) is 4.43. The molecule has 3 aromatic rings. The van der Waals surface area contributed by atoms with Gasteiger partial charge in [0.15, 0.2) is 0 Å². The summed E-state index contributed by atoms with van der Waals surface area (Å²) in [7, 11) is 1.54. The molecule has 0 saturated heterocycles. The first-order valence-corrected chi connectivity index (χ1v) is 9.71. The van der Waals surface area contributed by atoms with Crippen LogP contribution in [0, 0.1) is 13.8 Å². The Balaban J connectivity index is 1.81. The van der Waals surface area contributed by atoms with Crippen molar-refractivity contribution in [2.75, 3.05) is 12.4 Å². The lowest BCUT2D eigenvalue weighted by atomic mass is 10.1. The molecule has 0 bridgehead atoms. The number of hydrogen-bond donors (Lipinski definition) is 2. The van der Waals surface area contributed by atoms with E-state index in [4.69, 9.17) is 0 Å². The van der Waals surface area contributed by atoms with Gasteiger partial charge in [0.05, 0.1) is 11.3 Å². The molecule has 3 rings (SSSR count). The summed E-state index contributed by atoms with van der Waals surface area (Å²) in [5.41, 5.74) is 1.99. The SMILES string of the molecule is CNC(=O)c1ccc(NC(=O)c2sc(-c3ccc(C(F)(F)F)cc3)nc2C)c(C)c1. The Morgan fingerprint density at radius 1 is 1.00 bits per heavy atom. The van der Waals surface area contributed by atoms with Crippen LogP contribution in [0.5, 0.6) is 0 Å². The van der Waals surface area contributed by atoms with Crippen LogP contribution < -0.4 is 10.6 Å². The number of rotatable bonds is 4. The standard InChI is InChI=1S/C21H18F3N3O2S/c1-11-10-14(18(28)25-3)6-9-16(11)27-19(29)17-12(2)26-20(30-17)13-4-7-15(8-5-13)21(22,23)24/h4-10H,1-3H3,(H,25,28)(H,27,29). The van der Waals surface area contributed by atoms with Crippen molar-refractivity contribution < 1.29 is 22.8 Å². The number of benzene rings is 2. The van der Waals surface area contributed by atoms with Crippen molar-refractivity contribution in [1.82, 2.24) is 10.3 Å². The lowest BCUT2D eigenvalue weighted by Gasteiger charge is -2.09. The van der Waals surface area contributed by atoms with E-state index in [0.717, 1.165) is 29.0 Å². The minimum Gasteiger partial charge on any atom is -0.355 e. The molecular weight excluding hydrogens is 415 g/mol. The third kappa shape index (κ3) is 4.51. The molecule has 1 heterocycles. The Hall–Kier alpha value is -3.20. The zero-order valence-electron chi connectivity index (χ0n) is 16.3. The highest BCUT2D eigenvalue weighted by molar-refractivity contribution is 7.17. The fourth-order valence-corrected chi connectivity index (χ4v) is 3.77. The molecule has 0 spiro atoms. The van der Waals surface area contributed by atoms with Crippen LogP contribution in [0.25, 0.3) is 10.6 Å². The van der Waals surface area contributed by atoms with Gasteiger partial charge in [0.1, 0.15) is 9.88 Å². The van der Waals surface area contributed by atoms with Crippen molar-refractivity contribution in [2.24, 2.45) is 0 Å². The molecule has 1 aromatic heterocycles. The molecule has 0 atom stereocenters. The van der Waals surface area contributed by atoms with Crippen LogP contribution in [-0.2, 0) is 6.18 Å². The number of aromatic nitrogens is 1. The normalized spacial score (nSPS) is 11.3. The van der Waals surface area contributed by atoms with E-state index in [9.17, 15) is 22.8 Å². The number of hydrogen-bond acceptors (Lipinski definition) is 4. The molecule has 0 aliphatic carbocycles. The number of aryl methyl sites for hydroxylation is 2. The summed E-state index contributed by atoms with van der Waals surface area (Å²) in [5.74, 6) is -0.602. The number of anilines is 1. The molecule has 30 heavy (non-hydrogen) atoms. The van der Waals surface area contributed by atoms with E-state index >= 15 is 0 Å². The van der Waals surface area contributed by atoms with Gasteiger partial charge in [-0.25, -0.2) is 4.98 Å². The summed E-state index contributed by atoms with van der Waals surface area (Å²) in [6.45, 7) is 3.44. The van der Waals surface area contributed by atoms with E-state index in [1.807, 2.05) is 0 Å². The molecule has 0 aliphatic heterocycles. The summed E-state index contributed by atoms with van der Waals surface area (Å²) in [6, 6.07) is 9.57. The number of carbonyl (C=O) groups is 2. The van der Waals surface area contributed by atoms with Gasteiger partial charge >= 0.3 is 6.18 Å². The molecule has 156 valence electrons. The van der Waals surface area contributed by atoms with Crippen LogP contribution in [0.15, 0.2) is 42.5 Å². The molecule has 2 N–H and O–H groups in total. The molecule has 2 amide bonds. The van der Waals surface area contributed by atoms with Gasteiger partial charge in [-0.15, -0.1) is 11.3 Å². The van der Waals surface area contributed by atoms with Gasteiger partial charge in [-0.2, -0.15) is 13.2 Å². The van der Waals surface area contributed by atoms with Crippen molar-refractivity contribution in [2.45, 2.75) is 20.0 Å². The smallest absolute Gasteiger partial charge is 0.355 e. The van der Waals surface area contributed by atoms with E-state index in [1.165, 1.54) is 19.2 Å². The van der Waals surface area contributed by atoms with Gasteiger partial charge in [0.2, 0.25) is 0 Å². The van der Waals surface area contributed by atoms with Crippen LogP contribution in [-0.4, -0.2) is 23.8 Å². The van der Waals surface area contributed by atoms with Gasteiger partial charge in [0.25, 0.3) is 11.8 Å². The number of halogens is 3. The molecule has 0 aliphatic rings. The first kappa shape index (κ1) is 21.5. The molecule has 0 fully saturated rings. The lowest BCUT2D eigenvalue weighted by Crippen LogP contribution is -2.18. The number of nitrogens with zero attached hydrogens (tertiary/aromatic N) is 1. The fourth-order valence-electron chi connectivity index (χ4n) is 2.80. The molecule has 0 unspecified atom stereocenters. The van der Waals surface area contributed by atoms with Crippen LogP contribution in [0.2, 0.25) is 0 Å². The largest absolute Gasteiger partial charge is 0.416 e. The Bertz CT molecular complexity index is 1110. The number of thiazole rings is 1. The van der Waals surface area contributed by atoms with Crippen LogP contribution in [0.4, 0.5) is 18.9 Å². The van der Waals surface area contributed by atoms with Gasteiger partial charge in [0, 0.05) is 23.9 Å². The highest BCUT2D eigenvalue weighted by Crippen LogP contribution is 2.33. The highest BCUT2D eigenvalue weighted by Gasteiger charge is 2.30. The third-order valence-corrected chi connectivity index (χ3v) is 5.63.